The average Bonchev–Trinajstić information content (AvgIpc) is 2.63. The lowest BCUT2D eigenvalue weighted by Crippen LogP contribution is -2.57. The van der Waals surface area contributed by atoms with Gasteiger partial charge in [-0.05, 0) is 30.9 Å². The van der Waals surface area contributed by atoms with Gasteiger partial charge in [-0.2, -0.15) is 10.2 Å². The number of anilines is 2. The van der Waals surface area contributed by atoms with Crippen molar-refractivity contribution < 1.29 is 5.11 Å². The zero-order valence-corrected chi connectivity index (χ0v) is 15.5. The first-order valence-corrected chi connectivity index (χ1v) is 8.92. The zero-order chi connectivity index (χ0) is 18.7. The molecule has 0 unspecified atom stereocenters. The molecule has 26 heavy (non-hydrogen) atoms. The van der Waals surface area contributed by atoms with Crippen LogP contribution in [0.2, 0.25) is 0 Å². The minimum atomic E-state index is -0.334. The maximum Gasteiger partial charge on any atom is 0.224 e. The molecule has 0 bridgehead atoms. The van der Waals surface area contributed by atoms with Crippen LogP contribution in [-0.4, -0.2) is 33.8 Å². The Morgan fingerprint density at radius 3 is 2.77 bits per heavy atom. The van der Waals surface area contributed by atoms with Crippen LogP contribution in [0.5, 0.6) is 0 Å². The molecular weight excluding hydrogens is 326 g/mol. The van der Waals surface area contributed by atoms with Crippen molar-refractivity contribution in [3.8, 4) is 6.07 Å². The molecule has 3 rings (SSSR count). The number of nitriles is 1. The molecule has 2 aromatic rings. The van der Waals surface area contributed by atoms with E-state index in [2.05, 4.69) is 45.7 Å². The van der Waals surface area contributed by atoms with E-state index in [1.807, 2.05) is 26.0 Å². The number of aryl methyl sites for hydroxylation is 1. The number of nitrogens with one attached hydrogen (secondary N) is 2. The number of aliphatic hydroxyl groups is 1. The predicted molar refractivity (Wildman–Crippen MR) is 102 cm³/mol. The summed E-state index contributed by atoms with van der Waals surface area (Å²) in [5.74, 6) is 1.02. The highest BCUT2D eigenvalue weighted by atomic mass is 16.3. The molecule has 0 radical (unpaired) electrons. The zero-order valence-electron chi connectivity index (χ0n) is 15.5. The van der Waals surface area contributed by atoms with E-state index in [1.165, 1.54) is 17.3 Å². The maximum absolute atomic E-state index is 9.90. The van der Waals surface area contributed by atoms with Gasteiger partial charge in [0.25, 0.3) is 0 Å². The molecule has 136 valence electrons. The first-order valence-electron chi connectivity index (χ1n) is 8.92. The molecule has 1 aliphatic rings. The Morgan fingerprint density at radius 1 is 1.35 bits per heavy atom. The van der Waals surface area contributed by atoms with Gasteiger partial charge in [0.05, 0.1) is 12.3 Å². The lowest BCUT2D eigenvalue weighted by molar-refractivity contribution is -0.0511. The van der Waals surface area contributed by atoms with Gasteiger partial charge in [0, 0.05) is 18.0 Å². The molecule has 1 aliphatic carbocycles. The number of hydrogen-bond acceptors (Lipinski definition) is 6. The lowest BCUT2D eigenvalue weighted by atomic mass is 9.64. The molecule has 1 aromatic carbocycles. The molecule has 0 saturated heterocycles. The number of benzene rings is 1. The fourth-order valence-electron chi connectivity index (χ4n) is 3.17. The normalized spacial score (nSPS) is 20.7. The lowest BCUT2D eigenvalue weighted by Gasteiger charge is -2.49. The Balaban J connectivity index is 1.66. The third-order valence-electron chi connectivity index (χ3n) is 5.37. The van der Waals surface area contributed by atoms with Gasteiger partial charge >= 0.3 is 0 Å². The molecule has 6 nitrogen and oxygen atoms in total. The second kappa shape index (κ2) is 7.30. The molecule has 0 aliphatic heterocycles. The third kappa shape index (κ3) is 3.63. The molecule has 1 fully saturated rings. The Kier molecular flexibility index (Phi) is 5.10. The van der Waals surface area contributed by atoms with E-state index < -0.39 is 0 Å². The summed E-state index contributed by atoms with van der Waals surface area (Å²) in [5.41, 5.74) is 2.72. The first kappa shape index (κ1) is 18.2. The Labute approximate surface area is 154 Å². The van der Waals surface area contributed by atoms with Gasteiger partial charge in [-0.15, -0.1) is 0 Å². The van der Waals surface area contributed by atoms with Crippen LogP contribution in [0.4, 0.5) is 11.8 Å². The summed E-state index contributed by atoms with van der Waals surface area (Å²) >= 11 is 0. The molecule has 0 amide bonds. The highest BCUT2D eigenvalue weighted by molar-refractivity contribution is 5.54. The largest absolute Gasteiger partial charge is 0.392 e. The molecule has 1 heterocycles. The van der Waals surface area contributed by atoms with Gasteiger partial charge < -0.3 is 15.7 Å². The summed E-state index contributed by atoms with van der Waals surface area (Å²) in [5, 5.41) is 25.7. The second-order valence-electron chi connectivity index (χ2n) is 7.44. The van der Waals surface area contributed by atoms with E-state index in [4.69, 9.17) is 0 Å². The summed E-state index contributed by atoms with van der Waals surface area (Å²) in [7, 11) is 0. The van der Waals surface area contributed by atoms with Gasteiger partial charge in [-0.3, -0.25) is 0 Å². The van der Waals surface area contributed by atoms with Crippen LogP contribution < -0.4 is 10.6 Å². The number of hydrogen-bond donors (Lipinski definition) is 3. The highest BCUT2D eigenvalue weighted by Crippen LogP contribution is 2.42. The van der Waals surface area contributed by atoms with Crippen LogP contribution in [0, 0.1) is 23.7 Å². The standard InChI is InChI=1S/C20H25N5O/c1-13-6-4-5-7-14(13)8-9-22-19-23-12-15(11-21)18(25-19)24-16-10-17(26)20(16,2)3/h4-7,12,16-17,26H,8-10H2,1-3H3,(H2,22,23,24,25)/t16-,17+/m1/s1. The van der Waals surface area contributed by atoms with Crippen molar-refractivity contribution in [1.29, 1.82) is 5.26 Å². The summed E-state index contributed by atoms with van der Waals surface area (Å²) < 4.78 is 0. The van der Waals surface area contributed by atoms with Crippen molar-refractivity contribution in [1.82, 2.24) is 9.97 Å². The second-order valence-corrected chi connectivity index (χ2v) is 7.44. The topological polar surface area (TPSA) is 93.9 Å². The molecule has 1 aromatic heterocycles. The Bertz CT molecular complexity index is 827. The van der Waals surface area contributed by atoms with E-state index in [9.17, 15) is 10.4 Å². The van der Waals surface area contributed by atoms with E-state index in [1.54, 1.807) is 0 Å². The fraction of sp³-hybridized carbons (Fsp3) is 0.450. The van der Waals surface area contributed by atoms with Crippen LogP contribution in [0.15, 0.2) is 30.5 Å². The quantitative estimate of drug-likeness (QED) is 0.741. The number of nitrogens with zero attached hydrogens (tertiary/aromatic N) is 3. The number of aromatic nitrogens is 2. The summed E-state index contributed by atoms with van der Waals surface area (Å²) in [6.07, 6.45) is 2.73. The predicted octanol–water partition coefficient (Wildman–Crippen LogP) is 2.88. The molecule has 3 N–H and O–H groups in total. The maximum atomic E-state index is 9.90. The molecule has 1 saturated carbocycles. The Morgan fingerprint density at radius 2 is 2.12 bits per heavy atom. The van der Waals surface area contributed by atoms with Crippen LogP contribution in [0.3, 0.4) is 0 Å². The highest BCUT2D eigenvalue weighted by Gasteiger charge is 2.47. The van der Waals surface area contributed by atoms with Gasteiger partial charge in [-0.1, -0.05) is 38.1 Å². The third-order valence-corrected chi connectivity index (χ3v) is 5.37. The van der Waals surface area contributed by atoms with Gasteiger partial charge in [0.15, 0.2) is 0 Å². The van der Waals surface area contributed by atoms with Crippen LogP contribution in [0.25, 0.3) is 0 Å². The monoisotopic (exact) mass is 351 g/mol. The van der Waals surface area contributed by atoms with Crippen molar-refractivity contribution in [2.24, 2.45) is 5.41 Å². The van der Waals surface area contributed by atoms with Gasteiger partial charge in [-0.25, -0.2) is 4.98 Å². The minimum absolute atomic E-state index is 0.0827. The fourth-order valence-corrected chi connectivity index (χ4v) is 3.17. The summed E-state index contributed by atoms with van der Waals surface area (Å²) in [6.45, 7) is 6.83. The van der Waals surface area contributed by atoms with Crippen molar-refractivity contribution in [3.05, 3.63) is 47.2 Å². The van der Waals surface area contributed by atoms with E-state index in [0.717, 1.165) is 6.42 Å². The van der Waals surface area contributed by atoms with Crippen molar-refractivity contribution in [3.63, 3.8) is 0 Å². The van der Waals surface area contributed by atoms with E-state index >= 15 is 0 Å². The van der Waals surface area contributed by atoms with E-state index in [-0.39, 0.29) is 17.6 Å². The molecule has 2 atom stereocenters. The minimum Gasteiger partial charge on any atom is -0.392 e. The molecular formula is C20H25N5O. The van der Waals surface area contributed by atoms with Crippen LogP contribution in [0.1, 0.15) is 37.0 Å². The Hall–Kier alpha value is -2.65. The number of aliphatic hydroxyl groups excluding tert-OH is 1. The number of rotatable bonds is 6. The van der Waals surface area contributed by atoms with Crippen molar-refractivity contribution in [2.45, 2.75) is 45.8 Å². The first-order chi connectivity index (χ1) is 12.4. The average molecular weight is 351 g/mol. The van der Waals surface area contributed by atoms with Crippen LogP contribution in [-0.2, 0) is 6.42 Å². The smallest absolute Gasteiger partial charge is 0.224 e. The van der Waals surface area contributed by atoms with Crippen LogP contribution >= 0.6 is 0 Å². The van der Waals surface area contributed by atoms with Gasteiger partial charge in [0.2, 0.25) is 5.95 Å². The molecule has 0 spiro atoms. The molecule has 6 heteroatoms. The summed E-state index contributed by atoms with van der Waals surface area (Å²) in [6, 6.07) is 10.5. The SMILES string of the molecule is Cc1ccccc1CCNc1ncc(C#N)c(N[C@@H]2C[C@H](O)C2(C)C)n1. The van der Waals surface area contributed by atoms with E-state index in [0.29, 0.717) is 30.3 Å². The van der Waals surface area contributed by atoms with Crippen molar-refractivity contribution >= 4 is 11.8 Å². The summed E-state index contributed by atoms with van der Waals surface area (Å²) in [4.78, 5) is 8.70. The van der Waals surface area contributed by atoms with Crippen molar-refractivity contribution in [2.75, 3.05) is 17.2 Å². The van der Waals surface area contributed by atoms with Gasteiger partial charge in [0.1, 0.15) is 17.5 Å².